The molecule has 0 aliphatic rings. The fourth-order valence-corrected chi connectivity index (χ4v) is 2.84. The first-order valence-electron chi connectivity index (χ1n) is 8.16. The van der Waals surface area contributed by atoms with Crippen LogP contribution in [-0.2, 0) is 19.4 Å². The molecule has 0 aliphatic heterocycles. The highest BCUT2D eigenvalue weighted by Crippen LogP contribution is 2.39. The van der Waals surface area contributed by atoms with E-state index in [1.165, 1.54) is 49.5 Å². The lowest BCUT2D eigenvalue weighted by molar-refractivity contribution is -0.138. The molecule has 0 aliphatic carbocycles. The van der Waals surface area contributed by atoms with E-state index in [0.29, 0.717) is 6.20 Å². The zero-order valence-corrected chi connectivity index (χ0v) is 14.8. The first-order valence-corrected chi connectivity index (χ1v) is 8.16. The second-order valence-electron chi connectivity index (χ2n) is 6.11. The SMILES string of the molecule is Cn1cc(C(F)(F)F)c(C(=O)Nc2ccccc2-c2ccccc2C(F)(F)F)n1. The van der Waals surface area contributed by atoms with Crippen LogP contribution in [-0.4, -0.2) is 15.7 Å². The van der Waals surface area contributed by atoms with Crippen LogP contribution < -0.4 is 5.32 Å². The first-order chi connectivity index (χ1) is 13.5. The molecule has 29 heavy (non-hydrogen) atoms. The van der Waals surface area contributed by atoms with E-state index in [2.05, 4.69) is 10.4 Å². The van der Waals surface area contributed by atoms with Crippen molar-refractivity contribution in [1.82, 2.24) is 9.78 Å². The van der Waals surface area contributed by atoms with E-state index in [-0.39, 0.29) is 16.8 Å². The maximum absolute atomic E-state index is 13.4. The van der Waals surface area contributed by atoms with Crippen molar-refractivity contribution in [1.29, 1.82) is 0 Å². The maximum Gasteiger partial charge on any atom is 0.420 e. The Bertz CT molecular complexity index is 1050. The first kappa shape index (κ1) is 20.4. The minimum absolute atomic E-state index is 0.0123. The van der Waals surface area contributed by atoms with Gasteiger partial charge in [0.1, 0.15) is 5.56 Å². The lowest BCUT2D eigenvalue weighted by Crippen LogP contribution is -2.18. The lowest BCUT2D eigenvalue weighted by atomic mass is 9.97. The summed E-state index contributed by atoms with van der Waals surface area (Å²) < 4.78 is 80.3. The van der Waals surface area contributed by atoms with E-state index in [1.807, 2.05) is 0 Å². The molecule has 0 saturated heterocycles. The van der Waals surface area contributed by atoms with Gasteiger partial charge in [-0.2, -0.15) is 31.4 Å². The Hall–Kier alpha value is -3.30. The van der Waals surface area contributed by atoms with Crippen molar-refractivity contribution < 1.29 is 31.1 Å². The number of benzene rings is 2. The molecule has 0 unspecified atom stereocenters. The minimum atomic E-state index is -4.82. The number of para-hydroxylation sites is 1. The predicted octanol–water partition coefficient (Wildman–Crippen LogP) is 5.38. The highest BCUT2D eigenvalue weighted by Gasteiger charge is 2.38. The number of alkyl halides is 6. The van der Waals surface area contributed by atoms with E-state index >= 15 is 0 Å². The number of hydrogen-bond donors (Lipinski definition) is 1. The summed E-state index contributed by atoms with van der Waals surface area (Å²) >= 11 is 0. The molecular formula is C19H13F6N3O. The summed E-state index contributed by atoms with van der Waals surface area (Å²) in [6.45, 7) is 0. The highest BCUT2D eigenvalue weighted by atomic mass is 19.4. The third-order valence-electron chi connectivity index (χ3n) is 4.05. The Morgan fingerprint density at radius 3 is 2.03 bits per heavy atom. The fourth-order valence-electron chi connectivity index (χ4n) is 2.84. The standard InChI is InChI=1S/C19H13F6N3O/c1-28-10-14(19(23,24)25)16(27-28)17(29)26-15-9-5-3-7-12(15)11-6-2-4-8-13(11)18(20,21)22/h2-10H,1H3,(H,26,29). The monoisotopic (exact) mass is 413 g/mol. The average molecular weight is 413 g/mol. The molecule has 4 nitrogen and oxygen atoms in total. The summed E-state index contributed by atoms with van der Waals surface area (Å²) in [7, 11) is 1.22. The molecule has 3 aromatic rings. The summed E-state index contributed by atoms with van der Waals surface area (Å²) in [5.74, 6) is -1.19. The van der Waals surface area contributed by atoms with E-state index in [9.17, 15) is 31.1 Å². The van der Waals surface area contributed by atoms with E-state index in [1.54, 1.807) is 0 Å². The number of aromatic nitrogens is 2. The molecule has 10 heteroatoms. The van der Waals surface area contributed by atoms with Gasteiger partial charge in [-0.25, -0.2) is 0 Å². The van der Waals surface area contributed by atoms with Crippen LogP contribution in [0.1, 0.15) is 21.6 Å². The molecule has 0 radical (unpaired) electrons. The van der Waals surface area contributed by atoms with Crippen molar-refractivity contribution in [2.75, 3.05) is 5.32 Å². The molecule has 0 atom stereocenters. The molecule has 0 fully saturated rings. The van der Waals surface area contributed by atoms with E-state index < -0.39 is 35.1 Å². The van der Waals surface area contributed by atoms with Gasteiger partial charge in [0.2, 0.25) is 0 Å². The highest BCUT2D eigenvalue weighted by molar-refractivity contribution is 6.06. The van der Waals surface area contributed by atoms with Crippen LogP contribution in [0.5, 0.6) is 0 Å². The van der Waals surface area contributed by atoms with Crippen molar-refractivity contribution >= 4 is 11.6 Å². The molecule has 1 amide bonds. The smallest absolute Gasteiger partial charge is 0.320 e. The van der Waals surface area contributed by atoms with Gasteiger partial charge in [0.05, 0.1) is 5.56 Å². The average Bonchev–Trinajstić information content (AvgIpc) is 3.04. The van der Waals surface area contributed by atoms with Crippen LogP contribution in [0.3, 0.4) is 0 Å². The number of carbonyl (C=O) groups excluding carboxylic acids is 1. The van der Waals surface area contributed by atoms with Gasteiger partial charge < -0.3 is 5.32 Å². The number of nitrogens with zero attached hydrogens (tertiary/aromatic N) is 2. The molecule has 0 saturated carbocycles. The molecule has 152 valence electrons. The number of nitrogens with one attached hydrogen (secondary N) is 1. The Morgan fingerprint density at radius 1 is 0.862 bits per heavy atom. The molecule has 0 bridgehead atoms. The van der Waals surface area contributed by atoms with Gasteiger partial charge in [-0.15, -0.1) is 0 Å². The summed E-state index contributed by atoms with van der Waals surface area (Å²) in [6, 6.07) is 10.3. The molecular weight excluding hydrogens is 400 g/mol. The number of carbonyl (C=O) groups is 1. The predicted molar refractivity (Wildman–Crippen MR) is 93.0 cm³/mol. The number of hydrogen-bond acceptors (Lipinski definition) is 2. The van der Waals surface area contributed by atoms with E-state index in [0.717, 1.165) is 10.7 Å². The van der Waals surface area contributed by atoms with Crippen LogP contribution in [0.2, 0.25) is 0 Å². The minimum Gasteiger partial charge on any atom is -0.320 e. The summed E-state index contributed by atoms with van der Waals surface area (Å²) in [4.78, 5) is 12.5. The van der Waals surface area contributed by atoms with Crippen LogP contribution in [0, 0.1) is 0 Å². The number of halogens is 6. The third kappa shape index (κ3) is 4.25. The van der Waals surface area contributed by atoms with Gasteiger partial charge in [-0.05, 0) is 17.7 Å². The molecule has 2 aromatic carbocycles. The molecule has 0 spiro atoms. The van der Waals surface area contributed by atoms with Gasteiger partial charge in [0.15, 0.2) is 5.69 Å². The second kappa shape index (κ2) is 7.26. The van der Waals surface area contributed by atoms with Crippen molar-refractivity contribution in [3.05, 3.63) is 71.5 Å². The Labute approximate surface area is 160 Å². The van der Waals surface area contributed by atoms with Crippen LogP contribution in [0.15, 0.2) is 54.7 Å². The number of aryl methyl sites for hydroxylation is 1. The third-order valence-corrected chi connectivity index (χ3v) is 4.05. The number of rotatable bonds is 3. The van der Waals surface area contributed by atoms with Gasteiger partial charge >= 0.3 is 12.4 Å². The van der Waals surface area contributed by atoms with Crippen molar-refractivity contribution in [2.45, 2.75) is 12.4 Å². The second-order valence-corrected chi connectivity index (χ2v) is 6.11. The van der Waals surface area contributed by atoms with Crippen molar-refractivity contribution in [3.8, 4) is 11.1 Å². The fraction of sp³-hybridized carbons (Fsp3) is 0.158. The van der Waals surface area contributed by atoms with Gasteiger partial charge in [0.25, 0.3) is 5.91 Å². The van der Waals surface area contributed by atoms with Gasteiger partial charge in [-0.1, -0.05) is 36.4 Å². The lowest BCUT2D eigenvalue weighted by Gasteiger charge is -2.16. The van der Waals surface area contributed by atoms with Crippen LogP contribution in [0.4, 0.5) is 32.0 Å². The zero-order valence-electron chi connectivity index (χ0n) is 14.8. The quantitative estimate of drug-likeness (QED) is 0.587. The topological polar surface area (TPSA) is 46.9 Å². The summed E-state index contributed by atoms with van der Waals surface area (Å²) in [5, 5.41) is 5.78. The summed E-state index contributed by atoms with van der Waals surface area (Å²) in [6.07, 6.45) is -8.82. The zero-order chi connectivity index (χ0) is 21.4. The van der Waals surface area contributed by atoms with Crippen LogP contribution in [0.25, 0.3) is 11.1 Å². The Kier molecular flexibility index (Phi) is 5.12. The number of amides is 1. The van der Waals surface area contributed by atoms with Crippen molar-refractivity contribution in [2.24, 2.45) is 7.05 Å². The molecule has 1 aromatic heterocycles. The largest absolute Gasteiger partial charge is 0.420 e. The summed E-state index contributed by atoms with van der Waals surface area (Å²) in [5.41, 5.74) is -3.33. The number of anilines is 1. The normalized spacial score (nSPS) is 12.1. The molecule has 3 rings (SSSR count). The van der Waals surface area contributed by atoms with Crippen LogP contribution >= 0.6 is 0 Å². The molecule has 1 heterocycles. The Balaban J connectivity index is 2.04. The van der Waals surface area contributed by atoms with Gasteiger partial charge in [-0.3, -0.25) is 9.48 Å². The molecule has 1 N–H and O–H groups in total. The Morgan fingerprint density at radius 2 is 1.41 bits per heavy atom. The van der Waals surface area contributed by atoms with Crippen molar-refractivity contribution in [3.63, 3.8) is 0 Å². The maximum atomic E-state index is 13.4. The van der Waals surface area contributed by atoms with Gasteiger partial charge in [0, 0.05) is 24.5 Å². The van der Waals surface area contributed by atoms with E-state index in [4.69, 9.17) is 0 Å².